The maximum Gasteiger partial charge on any atom is 0.263 e. The Kier molecular flexibility index (Phi) is 11.0. The minimum atomic E-state index is -0.310. The van der Waals surface area contributed by atoms with Crippen LogP contribution in [0.2, 0.25) is 0 Å². The minimum Gasteiger partial charge on any atom is -0.395 e. The molecule has 1 saturated carbocycles. The summed E-state index contributed by atoms with van der Waals surface area (Å²) in [6, 6.07) is 2.09. The standard InChI is InChI=1S/C18H31N3O2/c19-14-16(15-20-12-13-22)18(23)21-17-10-8-6-4-2-1-3-5-7-9-11-17/h15,17,20,22H,1-13H2,(H,21,23)/b16-15-. The first-order valence-electron chi connectivity index (χ1n) is 9.03. The van der Waals surface area contributed by atoms with Crippen LogP contribution in [0.15, 0.2) is 11.8 Å². The molecular formula is C18H31N3O2. The van der Waals surface area contributed by atoms with Gasteiger partial charge in [0.1, 0.15) is 11.6 Å². The lowest BCUT2D eigenvalue weighted by atomic mass is 9.98. The van der Waals surface area contributed by atoms with Crippen molar-refractivity contribution in [1.82, 2.24) is 10.6 Å². The average molecular weight is 321 g/mol. The molecule has 0 aromatic heterocycles. The van der Waals surface area contributed by atoms with Crippen molar-refractivity contribution in [3.05, 3.63) is 11.8 Å². The van der Waals surface area contributed by atoms with E-state index in [0.29, 0.717) is 6.54 Å². The van der Waals surface area contributed by atoms with Gasteiger partial charge in [-0.05, 0) is 12.8 Å². The molecule has 0 aromatic carbocycles. The second-order valence-corrected chi connectivity index (χ2v) is 6.28. The van der Waals surface area contributed by atoms with Gasteiger partial charge in [0.15, 0.2) is 0 Å². The zero-order chi connectivity index (χ0) is 16.8. The van der Waals surface area contributed by atoms with Gasteiger partial charge in [-0.1, -0.05) is 57.8 Å². The predicted octanol–water partition coefficient (Wildman–Crippen LogP) is 2.77. The van der Waals surface area contributed by atoms with Crippen molar-refractivity contribution in [2.45, 2.75) is 76.7 Å². The van der Waals surface area contributed by atoms with Gasteiger partial charge in [0.05, 0.1) is 6.61 Å². The van der Waals surface area contributed by atoms with Crippen LogP contribution < -0.4 is 10.6 Å². The quantitative estimate of drug-likeness (QED) is 0.413. The van der Waals surface area contributed by atoms with E-state index in [4.69, 9.17) is 10.4 Å². The van der Waals surface area contributed by atoms with E-state index in [2.05, 4.69) is 10.6 Å². The predicted molar refractivity (Wildman–Crippen MR) is 91.5 cm³/mol. The SMILES string of the molecule is N#C/C(=C/NCCO)C(=O)NC1CCCCCCCCCCC1. The van der Waals surface area contributed by atoms with Gasteiger partial charge in [-0.3, -0.25) is 4.79 Å². The van der Waals surface area contributed by atoms with Crippen LogP contribution in [-0.4, -0.2) is 30.2 Å². The van der Waals surface area contributed by atoms with Crippen LogP contribution in [-0.2, 0) is 4.79 Å². The van der Waals surface area contributed by atoms with Crippen LogP contribution in [0.1, 0.15) is 70.6 Å². The Morgan fingerprint density at radius 1 is 1.04 bits per heavy atom. The smallest absolute Gasteiger partial charge is 0.263 e. The van der Waals surface area contributed by atoms with E-state index in [-0.39, 0.29) is 24.1 Å². The van der Waals surface area contributed by atoms with Crippen molar-refractivity contribution in [1.29, 1.82) is 5.26 Å². The Bertz CT molecular complexity index is 390. The summed E-state index contributed by atoms with van der Waals surface area (Å²) >= 11 is 0. The molecule has 0 bridgehead atoms. The van der Waals surface area contributed by atoms with Crippen LogP contribution in [0.5, 0.6) is 0 Å². The number of nitriles is 1. The lowest BCUT2D eigenvalue weighted by Gasteiger charge is -2.19. The molecule has 1 fully saturated rings. The molecule has 1 aliphatic rings. The van der Waals surface area contributed by atoms with E-state index < -0.39 is 0 Å². The molecule has 3 N–H and O–H groups in total. The highest BCUT2D eigenvalue weighted by Crippen LogP contribution is 2.17. The lowest BCUT2D eigenvalue weighted by molar-refractivity contribution is -0.117. The Morgan fingerprint density at radius 2 is 1.57 bits per heavy atom. The van der Waals surface area contributed by atoms with Crippen LogP contribution >= 0.6 is 0 Å². The van der Waals surface area contributed by atoms with Crippen LogP contribution in [0.4, 0.5) is 0 Å². The first kappa shape index (κ1) is 19.5. The third-order valence-electron chi connectivity index (χ3n) is 4.31. The Morgan fingerprint density at radius 3 is 2.04 bits per heavy atom. The van der Waals surface area contributed by atoms with E-state index in [1.165, 1.54) is 51.1 Å². The summed E-state index contributed by atoms with van der Waals surface area (Å²) in [7, 11) is 0. The number of aliphatic hydroxyl groups excluding tert-OH is 1. The van der Waals surface area contributed by atoms with E-state index in [1.54, 1.807) is 0 Å². The van der Waals surface area contributed by atoms with Gasteiger partial charge in [0.25, 0.3) is 5.91 Å². The summed E-state index contributed by atoms with van der Waals surface area (Å²) in [5.41, 5.74) is 0.0737. The molecule has 0 unspecified atom stereocenters. The van der Waals surface area contributed by atoms with Gasteiger partial charge in [-0.15, -0.1) is 0 Å². The molecule has 0 aliphatic heterocycles. The Hall–Kier alpha value is -1.54. The third kappa shape index (κ3) is 9.25. The summed E-state index contributed by atoms with van der Waals surface area (Å²) in [4.78, 5) is 12.2. The average Bonchev–Trinajstić information content (AvgIpc) is 2.54. The van der Waals surface area contributed by atoms with Gasteiger partial charge < -0.3 is 15.7 Å². The largest absolute Gasteiger partial charge is 0.395 e. The molecule has 0 radical (unpaired) electrons. The fraction of sp³-hybridized carbons (Fsp3) is 0.778. The summed E-state index contributed by atoms with van der Waals surface area (Å²) in [5.74, 6) is -0.310. The van der Waals surface area contributed by atoms with E-state index >= 15 is 0 Å². The van der Waals surface area contributed by atoms with Gasteiger partial charge >= 0.3 is 0 Å². The number of carbonyl (C=O) groups excluding carboxylic acids is 1. The Labute approximate surface area is 140 Å². The van der Waals surface area contributed by atoms with Gasteiger partial charge in [0.2, 0.25) is 0 Å². The monoisotopic (exact) mass is 321 g/mol. The molecule has 0 spiro atoms. The number of hydrogen-bond acceptors (Lipinski definition) is 4. The zero-order valence-corrected chi connectivity index (χ0v) is 14.1. The zero-order valence-electron chi connectivity index (χ0n) is 14.1. The molecule has 0 atom stereocenters. The number of nitrogens with one attached hydrogen (secondary N) is 2. The number of aliphatic hydroxyl groups is 1. The van der Waals surface area contributed by atoms with E-state index in [1.807, 2.05) is 6.07 Å². The number of rotatable bonds is 5. The summed E-state index contributed by atoms with van der Waals surface area (Å²) in [5, 5.41) is 23.6. The fourth-order valence-electron chi connectivity index (χ4n) is 2.96. The topological polar surface area (TPSA) is 85.2 Å². The highest BCUT2D eigenvalue weighted by atomic mass is 16.3. The van der Waals surface area contributed by atoms with Gasteiger partial charge in [-0.2, -0.15) is 5.26 Å². The second kappa shape index (κ2) is 13.0. The summed E-state index contributed by atoms with van der Waals surface area (Å²) in [6.45, 7) is 0.307. The minimum absolute atomic E-state index is 0.0283. The van der Waals surface area contributed by atoms with E-state index in [0.717, 1.165) is 25.7 Å². The summed E-state index contributed by atoms with van der Waals surface area (Å²) < 4.78 is 0. The molecule has 23 heavy (non-hydrogen) atoms. The normalized spacial score (nSPS) is 19.0. The third-order valence-corrected chi connectivity index (χ3v) is 4.31. The molecule has 130 valence electrons. The van der Waals surface area contributed by atoms with Crippen LogP contribution in [0, 0.1) is 11.3 Å². The number of carbonyl (C=O) groups is 1. The fourth-order valence-corrected chi connectivity index (χ4v) is 2.96. The molecule has 1 rings (SSSR count). The molecule has 5 heteroatoms. The van der Waals surface area contributed by atoms with Crippen molar-refractivity contribution >= 4 is 5.91 Å². The maximum absolute atomic E-state index is 12.2. The maximum atomic E-state index is 12.2. The lowest BCUT2D eigenvalue weighted by Crippen LogP contribution is -2.36. The Balaban J connectivity index is 2.49. The molecular weight excluding hydrogens is 290 g/mol. The molecule has 1 amide bonds. The second-order valence-electron chi connectivity index (χ2n) is 6.28. The molecule has 0 heterocycles. The first-order chi connectivity index (χ1) is 11.3. The molecule has 0 saturated heterocycles. The van der Waals surface area contributed by atoms with E-state index in [9.17, 15) is 4.79 Å². The molecule has 0 aromatic rings. The van der Waals surface area contributed by atoms with Gasteiger partial charge in [-0.25, -0.2) is 0 Å². The highest BCUT2D eigenvalue weighted by Gasteiger charge is 2.15. The van der Waals surface area contributed by atoms with Gasteiger partial charge in [0, 0.05) is 18.8 Å². The van der Waals surface area contributed by atoms with Crippen LogP contribution in [0.3, 0.4) is 0 Å². The van der Waals surface area contributed by atoms with Crippen molar-refractivity contribution in [2.75, 3.05) is 13.2 Å². The van der Waals surface area contributed by atoms with Crippen molar-refractivity contribution in [3.8, 4) is 6.07 Å². The number of hydrogen-bond donors (Lipinski definition) is 3. The van der Waals surface area contributed by atoms with Crippen molar-refractivity contribution in [3.63, 3.8) is 0 Å². The van der Waals surface area contributed by atoms with Crippen LogP contribution in [0.25, 0.3) is 0 Å². The molecule has 5 nitrogen and oxygen atoms in total. The molecule has 1 aliphatic carbocycles. The number of nitrogens with zero attached hydrogens (tertiary/aromatic N) is 1. The van der Waals surface area contributed by atoms with Crippen molar-refractivity contribution < 1.29 is 9.90 Å². The number of amides is 1. The summed E-state index contributed by atoms with van der Waals surface area (Å²) in [6.07, 6.45) is 14.7. The highest BCUT2D eigenvalue weighted by molar-refractivity contribution is 5.97. The first-order valence-corrected chi connectivity index (χ1v) is 9.03. The van der Waals surface area contributed by atoms with Crippen molar-refractivity contribution in [2.24, 2.45) is 0 Å².